The second-order valence-corrected chi connectivity index (χ2v) is 5.31. The lowest BCUT2D eigenvalue weighted by atomic mass is 10.1. The van der Waals surface area contributed by atoms with Crippen LogP contribution in [0.15, 0.2) is 29.3 Å². The number of amides is 2. The van der Waals surface area contributed by atoms with Gasteiger partial charge in [0.05, 0.1) is 17.7 Å². The van der Waals surface area contributed by atoms with Gasteiger partial charge in [0.2, 0.25) is 0 Å². The summed E-state index contributed by atoms with van der Waals surface area (Å²) in [7, 11) is 3.30. The van der Waals surface area contributed by atoms with Gasteiger partial charge in [-0.15, -0.1) is 24.0 Å². The lowest BCUT2D eigenvalue weighted by Crippen LogP contribution is -2.46. The highest BCUT2D eigenvalue weighted by Gasteiger charge is 2.34. The molecule has 0 fully saturated rings. The summed E-state index contributed by atoms with van der Waals surface area (Å²) in [4.78, 5) is 29.8. The fraction of sp³-hybridized carbons (Fsp3) is 0.438. The summed E-state index contributed by atoms with van der Waals surface area (Å²) in [5.74, 6) is 0.109. The topological polar surface area (TPSA) is 83.0 Å². The molecule has 2 amide bonds. The maximum Gasteiger partial charge on any atom is 0.261 e. The molecule has 0 saturated heterocycles. The van der Waals surface area contributed by atoms with Gasteiger partial charge in [-0.25, -0.2) is 0 Å². The number of benzene rings is 1. The average molecular weight is 446 g/mol. The molecule has 1 heterocycles. The van der Waals surface area contributed by atoms with Gasteiger partial charge in [-0.3, -0.25) is 19.5 Å². The molecule has 1 aromatic carbocycles. The maximum atomic E-state index is 12.2. The van der Waals surface area contributed by atoms with E-state index < -0.39 is 0 Å². The van der Waals surface area contributed by atoms with Crippen LogP contribution in [-0.2, 0) is 4.74 Å². The number of carbonyl (C=O) groups is 2. The van der Waals surface area contributed by atoms with Gasteiger partial charge in [0.25, 0.3) is 11.8 Å². The number of aliphatic imine (C=N–C) groups is 1. The molecule has 1 unspecified atom stereocenters. The number of nitrogens with one attached hydrogen (secondary N) is 2. The van der Waals surface area contributed by atoms with Crippen LogP contribution >= 0.6 is 24.0 Å². The quantitative estimate of drug-likeness (QED) is 0.296. The van der Waals surface area contributed by atoms with Gasteiger partial charge in [-0.05, 0) is 19.1 Å². The Labute approximate surface area is 158 Å². The Hall–Kier alpha value is -1.68. The highest BCUT2D eigenvalue weighted by Crippen LogP contribution is 2.21. The van der Waals surface area contributed by atoms with Crippen LogP contribution < -0.4 is 10.6 Å². The lowest BCUT2D eigenvalue weighted by Gasteiger charge is -2.19. The number of hydrogen-bond donors (Lipinski definition) is 2. The summed E-state index contributed by atoms with van der Waals surface area (Å²) in [5.41, 5.74) is 0.933. The minimum atomic E-state index is -0.247. The van der Waals surface area contributed by atoms with E-state index in [0.29, 0.717) is 30.2 Å². The molecule has 7 nitrogen and oxygen atoms in total. The van der Waals surface area contributed by atoms with Crippen molar-refractivity contribution in [1.29, 1.82) is 0 Å². The van der Waals surface area contributed by atoms with Crippen molar-refractivity contribution in [2.24, 2.45) is 4.99 Å². The Morgan fingerprint density at radius 3 is 2.33 bits per heavy atom. The number of guanidine groups is 1. The second kappa shape index (κ2) is 9.58. The zero-order valence-corrected chi connectivity index (χ0v) is 16.4. The molecule has 0 bridgehead atoms. The number of methoxy groups -OCH3 is 1. The van der Waals surface area contributed by atoms with E-state index in [0.717, 1.165) is 0 Å². The van der Waals surface area contributed by atoms with Crippen LogP contribution in [0.5, 0.6) is 0 Å². The Balaban J connectivity index is 0.00000288. The van der Waals surface area contributed by atoms with E-state index in [1.54, 1.807) is 38.4 Å². The zero-order valence-electron chi connectivity index (χ0n) is 14.0. The third kappa shape index (κ3) is 4.67. The number of halogens is 1. The molecule has 1 aliphatic rings. The molecule has 24 heavy (non-hydrogen) atoms. The summed E-state index contributed by atoms with van der Waals surface area (Å²) >= 11 is 0. The Morgan fingerprint density at radius 2 is 1.83 bits per heavy atom. The van der Waals surface area contributed by atoms with Crippen LogP contribution in [0.3, 0.4) is 0 Å². The van der Waals surface area contributed by atoms with E-state index in [9.17, 15) is 9.59 Å². The van der Waals surface area contributed by atoms with Crippen molar-refractivity contribution < 1.29 is 14.3 Å². The molecule has 0 radical (unpaired) electrons. The first-order chi connectivity index (χ1) is 11.1. The van der Waals surface area contributed by atoms with Crippen molar-refractivity contribution in [3.8, 4) is 0 Å². The largest absolute Gasteiger partial charge is 0.383 e. The van der Waals surface area contributed by atoms with Crippen LogP contribution in [0.25, 0.3) is 0 Å². The molecular weight excluding hydrogens is 423 g/mol. The molecular formula is C16H23IN4O3. The van der Waals surface area contributed by atoms with Crippen molar-refractivity contribution >= 4 is 41.8 Å². The van der Waals surface area contributed by atoms with Gasteiger partial charge < -0.3 is 15.4 Å². The summed E-state index contributed by atoms with van der Waals surface area (Å²) in [6, 6.07) is 6.97. The molecule has 2 rings (SSSR count). The van der Waals surface area contributed by atoms with Crippen LogP contribution in [0.2, 0.25) is 0 Å². The number of imide groups is 1. The van der Waals surface area contributed by atoms with Gasteiger partial charge in [-0.2, -0.15) is 0 Å². The molecule has 1 aliphatic heterocycles. The van der Waals surface area contributed by atoms with Crippen molar-refractivity contribution in [3.63, 3.8) is 0 Å². The first-order valence-electron chi connectivity index (χ1n) is 7.49. The van der Waals surface area contributed by atoms with Crippen LogP contribution in [0, 0.1) is 0 Å². The highest BCUT2D eigenvalue weighted by atomic mass is 127. The van der Waals surface area contributed by atoms with Gasteiger partial charge in [0.15, 0.2) is 5.96 Å². The SMILES string of the molecule is CN=C(NCCN1C(=O)c2ccccc2C1=O)NC(C)COC.I. The van der Waals surface area contributed by atoms with Crippen LogP contribution in [0.1, 0.15) is 27.6 Å². The predicted molar refractivity (Wildman–Crippen MR) is 103 cm³/mol. The van der Waals surface area contributed by atoms with Crippen molar-refractivity contribution in [1.82, 2.24) is 15.5 Å². The van der Waals surface area contributed by atoms with Gasteiger partial charge in [0.1, 0.15) is 0 Å². The van der Waals surface area contributed by atoms with Crippen molar-refractivity contribution in [2.45, 2.75) is 13.0 Å². The van der Waals surface area contributed by atoms with Crippen LogP contribution in [-0.4, -0.2) is 62.6 Å². The molecule has 1 atom stereocenters. The first kappa shape index (κ1) is 20.4. The molecule has 0 saturated carbocycles. The summed E-state index contributed by atoms with van der Waals surface area (Å²) < 4.78 is 5.06. The van der Waals surface area contributed by atoms with Crippen molar-refractivity contribution in [3.05, 3.63) is 35.4 Å². The molecule has 2 N–H and O–H groups in total. The predicted octanol–water partition coefficient (Wildman–Crippen LogP) is 1.10. The fourth-order valence-corrected chi connectivity index (χ4v) is 2.45. The third-order valence-corrected chi connectivity index (χ3v) is 3.53. The Kier molecular flexibility index (Phi) is 8.13. The zero-order chi connectivity index (χ0) is 16.8. The molecule has 1 aromatic rings. The third-order valence-electron chi connectivity index (χ3n) is 3.53. The van der Waals surface area contributed by atoms with E-state index in [2.05, 4.69) is 15.6 Å². The molecule has 132 valence electrons. The van der Waals surface area contributed by atoms with E-state index in [1.807, 2.05) is 6.92 Å². The Morgan fingerprint density at radius 1 is 1.25 bits per heavy atom. The van der Waals surface area contributed by atoms with E-state index in [1.165, 1.54) is 4.90 Å². The van der Waals surface area contributed by atoms with Gasteiger partial charge in [0, 0.05) is 33.3 Å². The smallest absolute Gasteiger partial charge is 0.261 e. The normalized spacial score (nSPS) is 15.0. The van der Waals surface area contributed by atoms with E-state index in [4.69, 9.17) is 4.74 Å². The molecule has 0 aliphatic carbocycles. The number of rotatable bonds is 6. The number of ether oxygens (including phenoxy) is 1. The monoisotopic (exact) mass is 446 g/mol. The molecule has 8 heteroatoms. The first-order valence-corrected chi connectivity index (χ1v) is 7.49. The van der Waals surface area contributed by atoms with Crippen LogP contribution in [0.4, 0.5) is 0 Å². The minimum Gasteiger partial charge on any atom is -0.383 e. The maximum absolute atomic E-state index is 12.2. The standard InChI is InChI=1S/C16H22N4O3.HI/c1-11(10-23-3)19-16(17-2)18-8-9-20-14(21)12-6-4-5-7-13(12)15(20)22;/h4-7,11H,8-10H2,1-3H3,(H2,17,18,19);1H. The van der Waals surface area contributed by atoms with E-state index >= 15 is 0 Å². The highest BCUT2D eigenvalue weighted by molar-refractivity contribution is 14.0. The number of hydrogen-bond acceptors (Lipinski definition) is 4. The average Bonchev–Trinajstić information content (AvgIpc) is 2.79. The summed E-state index contributed by atoms with van der Waals surface area (Å²) in [5, 5.41) is 6.25. The van der Waals surface area contributed by atoms with E-state index in [-0.39, 0.29) is 48.4 Å². The van der Waals surface area contributed by atoms with Gasteiger partial charge in [-0.1, -0.05) is 12.1 Å². The van der Waals surface area contributed by atoms with Crippen molar-refractivity contribution in [2.75, 3.05) is 33.9 Å². The fourth-order valence-electron chi connectivity index (χ4n) is 2.45. The van der Waals surface area contributed by atoms with Gasteiger partial charge >= 0.3 is 0 Å². The number of fused-ring (bicyclic) bond motifs is 1. The minimum absolute atomic E-state index is 0. The number of nitrogens with zero attached hydrogens (tertiary/aromatic N) is 2. The summed E-state index contributed by atoms with van der Waals surface area (Å²) in [6.07, 6.45) is 0. The molecule has 0 spiro atoms. The lowest BCUT2D eigenvalue weighted by molar-refractivity contribution is 0.0657. The summed E-state index contributed by atoms with van der Waals surface area (Å²) in [6.45, 7) is 3.23. The second-order valence-electron chi connectivity index (χ2n) is 5.31. The Bertz CT molecular complexity index is 586. The number of carbonyl (C=O) groups excluding carboxylic acids is 2. The molecule has 0 aromatic heterocycles.